The second kappa shape index (κ2) is 9.55. The highest BCUT2D eigenvalue weighted by molar-refractivity contribution is 6.12. The molecular weight excluding hydrogens is 330 g/mol. The third-order valence-corrected chi connectivity index (χ3v) is 3.69. The van der Waals surface area contributed by atoms with Gasteiger partial charge in [-0.3, -0.25) is 28.9 Å². The first kappa shape index (κ1) is 20.3. The number of aliphatic carboxylic acids is 1. The van der Waals surface area contributed by atoms with E-state index in [1.165, 1.54) is 26.0 Å². The molecule has 9 nitrogen and oxygen atoms in total. The number of hydrogen-bond donors (Lipinski definition) is 3. The SMILES string of the molecule is C[C@H](NC(=O)CCCCCN1C(=O)C=CC1=O)C(=O)N[C@H](C)C(=O)O. The molecule has 1 heterocycles. The predicted octanol–water partition coefficient (Wildman–Crippen LogP) is -0.434. The molecule has 4 amide bonds. The number of carbonyl (C=O) groups excluding carboxylic acids is 4. The monoisotopic (exact) mass is 353 g/mol. The van der Waals surface area contributed by atoms with Crippen LogP contribution < -0.4 is 10.6 Å². The lowest BCUT2D eigenvalue weighted by atomic mass is 10.1. The smallest absolute Gasteiger partial charge is 0.325 e. The number of imide groups is 1. The van der Waals surface area contributed by atoms with Crippen molar-refractivity contribution in [3.05, 3.63) is 12.2 Å². The van der Waals surface area contributed by atoms with E-state index in [-0.39, 0.29) is 24.1 Å². The van der Waals surface area contributed by atoms with Gasteiger partial charge in [-0.1, -0.05) is 6.42 Å². The fourth-order valence-corrected chi connectivity index (χ4v) is 2.16. The lowest BCUT2D eigenvalue weighted by molar-refractivity contribution is -0.141. The summed E-state index contributed by atoms with van der Waals surface area (Å²) in [5.74, 6) is -2.68. The van der Waals surface area contributed by atoms with Crippen LogP contribution in [0, 0.1) is 0 Å². The minimum Gasteiger partial charge on any atom is -0.480 e. The first-order valence-electron chi connectivity index (χ1n) is 8.08. The van der Waals surface area contributed by atoms with Crippen LogP contribution in [-0.4, -0.2) is 58.2 Å². The van der Waals surface area contributed by atoms with Crippen LogP contribution >= 0.6 is 0 Å². The molecule has 1 rings (SSSR count). The summed E-state index contributed by atoms with van der Waals surface area (Å²) in [6.07, 6.45) is 4.46. The topological polar surface area (TPSA) is 133 Å². The zero-order chi connectivity index (χ0) is 19.0. The lowest BCUT2D eigenvalue weighted by Gasteiger charge is -2.16. The molecule has 0 fully saturated rings. The zero-order valence-corrected chi connectivity index (χ0v) is 14.3. The molecule has 9 heteroatoms. The normalized spacial score (nSPS) is 15.8. The maximum absolute atomic E-state index is 11.8. The summed E-state index contributed by atoms with van der Waals surface area (Å²) in [6, 6.07) is -1.86. The van der Waals surface area contributed by atoms with Gasteiger partial charge in [-0.15, -0.1) is 0 Å². The number of unbranched alkanes of at least 4 members (excludes halogenated alkanes) is 2. The van der Waals surface area contributed by atoms with Crippen LogP contribution in [0.3, 0.4) is 0 Å². The van der Waals surface area contributed by atoms with Gasteiger partial charge in [0.1, 0.15) is 12.1 Å². The van der Waals surface area contributed by atoms with Crippen LogP contribution in [0.4, 0.5) is 0 Å². The highest BCUT2D eigenvalue weighted by Crippen LogP contribution is 2.07. The first-order chi connectivity index (χ1) is 11.7. The molecule has 0 aliphatic carbocycles. The number of carbonyl (C=O) groups is 5. The second-order valence-electron chi connectivity index (χ2n) is 5.83. The minimum atomic E-state index is -1.16. The largest absolute Gasteiger partial charge is 0.480 e. The van der Waals surface area contributed by atoms with Crippen LogP contribution in [0.1, 0.15) is 39.5 Å². The maximum Gasteiger partial charge on any atom is 0.325 e. The number of nitrogens with one attached hydrogen (secondary N) is 2. The van der Waals surface area contributed by atoms with E-state index in [0.29, 0.717) is 25.8 Å². The summed E-state index contributed by atoms with van der Waals surface area (Å²) in [6.45, 7) is 3.12. The standard InChI is InChI=1S/C16H23N3O6/c1-10(15(23)18-11(2)16(24)25)17-12(20)6-4-3-5-9-19-13(21)7-8-14(19)22/h7-8,10-11H,3-6,9H2,1-2H3,(H,17,20)(H,18,23)(H,24,25)/t10-,11+/m0/s1. The van der Waals surface area contributed by atoms with Crippen molar-refractivity contribution >= 4 is 29.6 Å². The van der Waals surface area contributed by atoms with Crippen molar-refractivity contribution in [2.75, 3.05) is 6.54 Å². The number of carboxylic acids is 1. The average Bonchev–Trinajstić information content (AvgIpc) is 2.85. The summed E-state index contributed by atoms with van der Waals surface area (Å²) >= 11 is 0. The van der Waals surface area contributed by atoms with Crippen molar-refractivity contribution in [1.29, 1.82) is 0 Å². The first-order valence-corrected chi connectivity index (χ1v) is 8.08. The Hall–Kier alpha value is -2.71. The molecule has 1 aliphatic rings. The fourth-order valence-electron chi connectivity index (χ4n) is 2.16. The maximum atomic E-state index is 11.8. The molecule has 1 aliphatic heterocycles. The molecule has 0 aromatic rings. The van der Waals surface area contributed by atoms with Crippen LogP contribution in [0.2, 0.25) is 0 Å². The summed E-state index contributed by atoms with van der Waals surface area (Å²) in [5.41, 5.74) is 0. The van der Waals surface area contributed by atoms with E-state index < -0.39 is 24.0 Å². The Kier molecular flexibility index (Phi) is 7.77. The van der Waals surface area contributed by atoms with Gasteiger partial charge < -0.3 is 15.7 Å². The van der Waals surface area contributed by atoms with E-state index >= 15 is 0 Å². The molecule has 0 spiro atoms. The van der Waals surface area contributed by atoms with Crippen molar-refractivity contribution in [2.24, 2.45) is 0 Å². The Bertz CT molecular complexity index is 568. The molecule has 0 bridgehead atoms. The van der Waals surface area contributed by atoms with E-state index in [4.69, 9.17) is 5.11 Å². The van der Waals surface area contributed by atoms with Crippen LogP contribution in [0.25, 0.3) is 0 Å². The van der Waals surface area contributed by atoms with Gasteiger partial charge in [0, 0.05) is 25.1 Å². The van der Waals surface area contributed by atoms with Gasteiger partial charge in [0.25, 0.3) is 11.8 Å². The summed E-state index contributed by atoms with van der Waals surface area (Å²) in [5, 5.41) is 13.5. The van der Waals surface area contributed by atoms with Gasteiger partial charge in [0.2, 0.25) is 11.8 Å². The number of amides is 4. The molecule has 0 radical (unpaired) electrons. The molecule has 0 saturated heterocycles. The predicted molar refractivity (Wildman–Crippen MR) is 87.2 cm³/mol. The Balaban J connectivity index is 2.17. The molecule has 0 unspecified atom stereocenters. The Labute approximate surface area is 145 Å². The zero-order valence-electron chi connectivity index (χ0n) is 14.3. The van der Waals surface area contributed by atoms with Gasteiger partial charge in [-0.25, -0.2) is 0 Å². The Morgan fingerprint density at radius 1 is 1.00 bits per heavy atom. The van der Waals surface area contributed by atoms with E-state index in [2.05, 4.69) is 10.6 Å². The molecule has 2 atom stereocenters. The quantitative estimate of drug-likeness (QED) is 0.360. The van der Waals surface area contributed by atoms with Crippen molar-refractivity contribution in [3.63, 3.8) is 0 Å². The molecular formula is C16H23N3O6. The molecule has 0 aromatic carbocycles. The number of hydrogen-bond acceptors (Lipinski definition) is 5. The molecule has 3 N–H and O–H groups in total. The van der Waals surface area contributed by atoms with E-state index in [9.17, 15) is 24.0 Å². The second-order valence-corrected chi connectivity index (χ2v) is 5.83. The van der Waals surface area contributed by atoms with Crippen molar-refractivity contribution in [2.45, 2.75) is 51.6 Å². The molecule has 25 heavy (non-hydrogen) atoms. The summed E-state index contributed by atoms with van der Waals surface area (Å²) < 4.78 is 0. The van der Waals surface area contributed by atoms with Crippen molar-refractivity contribution in [1.82, 2.24) is 15.5 Å². The number of nitrogens with zero attached hydrogens (tertiary/aromatic N) is 1. The third kappa shape index (κ3) is 6.74. The molecule has 0 saturated carbocycles. The molecule has 138 valence electrons. The number of rotatable bonds is 10. The van der Waals surface area contributed by atoms with E-state index in [0.717, 1.165) is 4.90 Å². The third-order valence-electron chi connectivity index (χ3n) is 3.69. The fraction of sp³-hybridized carbons (Fsp3) is 0.562. The highest BCUT2D eigenvalue weighted by atomic mass is 16.4. The van der Waals surface area contributed by atoms with Crippen LogP contribution in [-0.2, 0) is 24.0 Å². The van der Waals surface area contributed by atoms with Crippen LogP contribution in [0.15, 0.2) is 12.2 Å². The van der Waals surface area contributed by atoms with Crippen molar-refractivity contribution < 1.29 is 29.1 Å². The summed E-state index contributed by atoms with van der Waals surface area (Å²) in [4.78, 5) is 58.0. The van der Waals surface area contributed by atoms with Gasteiger partial charge in [0.05, 0.1) is 0 Å². The van der Waals surface area contributed by atoms with Gasteiger partial charge >= 0.3 is 5.97 Å². The molecule has 0 aromatic heterocycles. The Morgan fingerprint density at radius 2 is 1.60 bits per heavy atom. The van der Waals surface area contributed by atoms with Crippen LogP contribution in [0.5, 0.6) is 0 Å². The lowest BCUT2D eigenvalue weighted by Crippen LogP contribution is -2.49. The summed E-state index contributed by atoms with van der Waals surface area (Å²) in [7, 11) is 0. The number of carboxylic acid groups (broad SMARTS) is 1. The van der Waals surface area contributed by atoms with E-state index in [1.807, 2.05) is 0 Å². The van der Waals surface area contributed by atoms with Gasteiger partial charge in [-0.05, 0) is 26.7 Å². The average molecular weight is 353 g/mol. The van der Waals surface area contributed by atoms with E-state index in [1.54, 1.807) is 0 Å². The van der Waals surface area contributed by atoms with Gasteiger partial charge in [0.15, 0.2) is 0 Å². The van der Waals surface area contributed by atoms with Gasteiger partial charge in [-0.2, -0.15) is 0 Å². The van der Waals surface area contributed by atoms with Crippen molar-refractivity contribution in [3.8, 4) is 0 Å². The minimum absolute atomic E-state index is 0.201. The Morgan fingerprint density at radius 3 is 2.16 bits per heavy atom. The highest BCUT2D eigenvalue weighted by Gasteiger charge is 2.22.